The number of benzene rings is 1. The molecular weight excluding hydrogens is 210 g/mol. The summed E-state index contributed by atoms with van der Waals surface area (Å²) in [6.45, 7) is 1.71. The predicted octanol–water partition coefficient (Wildman–Crippen LogP) is 1.87. The SMILES string of the molecule is CCOC(=O)C(=Cc1ccccc1)[N+](=O)[O-]. The van der Waals surface area contributed by atoms with E-state index in [0.717, 1.165) is 0 Å². The van der Waals surface area contributed by atoms with Gasteiger partial charge >= 0.3 is 11.7 Å². The van der Waals surface area contributed by atoms with Gasteiger partial charge in [0.2, 0.25) is 0 Å². The fraction of sp³-hybridized carbons (Fsp3) is 0.182. The molecule has 0 atom stereocenters. The van der Waals surface area contributed by atoms with Gasteiger partial charge in [-0.2, -0.15) is 0 Å². The largest absolute Gasteiger partial charge is 0.458 e. The van der Waals surface area contributed by atoms with E-state index in [1.54, 1.807) is 37.3 Å². The molecule has 1 rings (SSSR count). The van der Waals surface area contributed by atoms with Crippen molar-refractivity contribution in [3.63, 3.8) is 0 Å². The lowest BCUT2D eigenvalue weighted by molar-refractivity contribution is -0.419. The van der Waals surface area contributed by atoms with Crippen molar-refractivity contribution in [2.45, 2.75) is 6.92 Å². The third-order valence-corrected chi connectivity index (χ3v) is 1.78. The standard InChI is InChI=1S/C11H11NO4/c1-2-16-11(13)10(12(14)15)8-9-6-4-3-5-7-9/h3-8H,2H2,1H3. The molecule has 5 nitrogen and oxygen atoms in total. The van der Waals surface area contributed by atoms with E-state index in [-0.39, 0.29) is 6.61 Å². The molecule has 5 heteroatoms. The Kier molecular flexibility index (Phi) is 4.20. The lowest BCUT2D eigenvalue weighted by Crippen LogP contribution is -2.14. The summed E-state index contributed by atoms with van der Waals surface area (Å²) < 4.78 is 4.59. The van der Waals surface area contributed by atoms with E-state index >= 15 is 0 Å². The van der Waals surface area contributed by atoms with Crippen LogP contribution in [0.2, 0.25) is 0 Å². The van der Waals surface area contributed by atoms with Crippen LogP contribution in [-0.2, 0) is 9.53 Å². The molecule has 1 aromatic carbocycles. The van der Waals surface area contributed by atoms with Crippen LogP contribution < -0.4 is 0 Å². The first-order chi connectivity index (χ1) is 7.65. The molecule has 0 fully saturated rings. The molecule has 0 aliphatic heterocycles. The topological polar surface area (TPSA) is 69.4 Å². The molecule has 0 aliphatic carbocycles. The number of nitro groups is 1. The fourth-order valence-electron chi connectivity index (χ4n) is 1.10. The van der Waals surface area contributed by atoms with Gasteiger partial charge in [-0.05, 0) is 12.5 Å². The van der Waals surface area contributed by atoms with Gasteiger partial charge < -0.3 is 4.74 Å². The van der Waals surface area contributed by atoms with Crippen molar-refractivity contribution in [2.75, 3.05) is 6.61 Å². The lowest BCUT2D eigenvalue weighted by Gasteiger charge is -1.99. The average molecular weight is 221 g/mol. The first-order valence-corrected chi connectivity index (χ1v) is 4.73. The number of hydrogen-bond donors (Lipinski definition) is 0. The van der Waals surface area contributed by atoms with E-state index in [0.29, 0.717) is 5.56 Å². The molecule has 0 N–H and O–H groups in total. The first-order valence-electron chi connectivity index (χ1n) is 4.73. The molecule has 1 aromatic rings. The summed E-state index contributed by atoms with van der Waals surface area (Å²) in [5.74, 6) is -0.920. The quantitative estimate of drug-likeness (QED) is 0.337. The molecule has 0 bridgehead atoms. The molecule has 0 saturated heterocycles. The zero-order valence-electron chi connectivity index (χ0n) is 8.75. The molecule has 0 heterocycles. The highest BCUT2D eigenvalue weighted by Crippen LogP contribution is 2.08. The summed E-state index contributed by atoms with van der Waals surface area (Å²) in [5.41, 5.74) is 0.0234. The molecule has 0 aliphatic rings. The maximum Gasteiger partial charge on any atom is 0.409 e. The predicted molar refractivity (Wildman–Crippen MR) is 58.0 cm³/mol. The van der Waals surface area contributed by atoms with Crippen LogP contribution in [0.4, 0.5) is 0 Å². The molecule has 0 radical (unpaired) electrons. The smallest absolute Gasteiger partial charge is 0.409 e. The fourth-order valence-corrected chi connectivity index (χ4v) is 1.10. The number of nitrogens with zero attached hydrogens (tertiary/aromatic N) is 1. The maximum absolute atomic E-state index is 11.3. The van der Waals surface area contributed by atoms with Gasteiger partial charge in [0.05, 0.1) is 11.5 Å². The summed E-state index contributed by atoms with van der Waals surface area (Å²) in [6, 6.07) is 8.59. The Bertz CT molecular complexity index is 411. The van der Waals surface area contributed by atoms with Gasteiger partial charge in [-0.25, -0.2) is 4.79 Å². The number of esters is 1. The summed E-state index contributed by atoms with van der Waals surface area (Å²) in [5, 5.41) is 10.7. The minimum absolute atomic E-state index is 0.110. The van der Waals surface area contributed by atoms with Crippen LogP contribution in [0.3, 0.4) is 0 Å². The second-order valence-electron chi connectivity index (χ2n) is 2.92. The Morgan fingerprint density at radius 2 is 2.06 bits per heavy atom. The van der Waals surface area contributed by atoms with Crippen LogP contribution in [0.5, 0.6) is 0 Å². The minimum Gasteiger partial charge on any atom is -0.458 e. The second-order valence-corrected chi connectivity index (χ2v) is 2.92. The van der Waals surface area contributed by atoms with E-state index in [9.17, 15) is 14.9 Å². The highest BCUT2D eigenvalue weighted by atomic mass is 16.6. The van der Waals surface area contributed by atoms with Crippen LogP contribution in [0.25, 0.3) is 6.08 Å². The number of rotatable bonds is 4. The van der Waals surface area contributed by atoms with Gasteiger partial charge in [0.15, 0.2) is 0 Å². The summed E-state index contributed by atoms with van der Waals surface area (Å²) >= 11 is 0. The van der Waals surface area contributed by atoms with E-state index in [1.807, 2.05) is 0 Å². The van der Waals surface area contributed by atoms with Gasteiger partial charge in [-0.15, -0.1) is 0 Å². The molecule has 0 aromatic heterocycles. The van der Waals surface area contributed by atoms with E-state index in [4.69, 9.17) is 0 Å². The zero-order valence-corrected chi connectivity index (χ0v) is 8.75. The van der Waals surface area contributed by atoms with Crippen molar-refractivity contribution in [3.8, 4) is 0 Å². The number of carbonyl (C=O) groups is 1. The Morgan fingerprint density at radius 3 is 2.56 bits per heavy atom. The third-order valence-electron chi connectivity index (χ3n) is 1.78. The number of ether oxygens (including phenoxy) is 1. The van der Waals surface area contributed by atoms with Crippen molar-refractivity contribution in [1.82, 2.24) is 0 Å². The molecular formula is C11H11NO4. The van der Waals surface area contributed by atoms with Crippen molar-refractivity contribution >= 4 is 12.0 Å². The van der Waals surface area contributed by atoms with E-state index < -0.39 is 16.6 Å². The molecule has 0 amide bonds. The molecule has 0 saturated carbocycles. The molecule has 84 valence electrons. The van der Waals surface area contributed by atoms with Crippen molar-refractivity contribution in [1.29, 1.82) is 0 Å². The average Bonchev–Trinajstić information content (AvgIpc) is 2.27. The Labute approximate surface area is 92.5 Å². The third kappa shape index (κ3) is 3.20. The summed E-state index contributed by atoms with van der Waals surface area (Å²) in [4.78, 5) is 21.2. The number of carbonyl (C=O) groups excluding carboxylic acids is 1. The van der Waals surface area contributed by atoms with Gasteiger partial charge in [-0.1, -0.05) is 30.3 Å². The normalized spacial score (nSPS) is 10.9. The highest BCUT2D eigenvalue weighted by molar-refractivity contribution is 5.90. The first kappa shape index (κ1) is 11.9. The van der Waals surface area contributed by atoms with Crippen molar-refractivity contribution in [3.05, 3.63) is 51.7 Å². The Morgan fingerprint density at radius 1 is 1.44 bits per heavy atom. The monoisotopic (exact) mass is 221 g/mol. The molecule has 0 spiro atoms. The Hall–Kier alpha value is -2.17. The van der Waals surface area contributed by atoms with Crippen LogP contribution in [0.15, 0.2) is 36.0 Å². The highest BCUT2D eigenvalue weighted by Gasteiger charge is 2.22. The van der Waals surface area contributed by atoms with Crippen molar-refractivity contribution < 1.29 is 14.5 Å². The van der Waals surface area contributed by atoms with Crippen LogP contribution in [0.1, 0.15) is 12.5 Å². The lowest BCUT2D eigenvalue weighted by atomic mass is 10.2. The zero-order chi connectivity index (χ0) is 12.0. The maximum atomic E-state index is 11.3. The van der Waals surface area contributed by atoms with Crippen molar-refractivity contribution in [2.24, 2.45) is 0 Å². The molecule has 16 heavy (non-hydrogen) atoms. The van der Waals surface area contributed by atoms with Crippen LogP contribution in [0, 0.1) is 10.1 Å². The van der Waals surface area contributed by atoms with E-state index in [1.165, 1.54) is 6.08 Å². The number of hydrogen-bond acceptors (Lipinski definition) is 4. The van der Waals surface area contributed by atoms with E-state index in [2.05, 4.69) is 4.74 Å². The van der Waals surface area contributed by atoms with Crippen LogP contribution in [-0.4, -0.2) is 17.5 Å². The second kappa shape index (κ2) is 5.65. The molecule has 0 unspecified atom stereocenters. The van der Waals surface area contributed by atoms with Crippen LogP contribution >= 0.6 is 0 Å². The van der Waals surface area contributed by atoms with Gasteiger partial charge in [-0.3, -0.25) is 10.1 Å². The Balaban J connectivity index is 2.99. The minimum atomic E-state index is -0.920. The summed E-state index contributed by atoms with van der Waals surface area (Å²) in [6.07, 6.45) is 1.19. The van der Waals surface area contributed by atoms with Gasteiger partial charge in [0.1, 0.15) is 0 Å². The van der Waals surface area contributed by atoms with Gasteiger partial charge in [0, 0.05) is 6.08 Å². The summed E-state index contributed by atoms with van der Waals surface area (Å²) in [7, 11) is 0. The van der Waals surface area contributed by atoms with Gasteiger partial charge in [0.25, 0.3) is 0 Å².